The van der Waals surface area contributed by atoms with Crippen LogP contribution in [0.4, 0.5) is 30.4 Å². The van der Waals surface area contributed by atoms with Crippen LogP contribution in [-0.2, 0) is 16.2 Å². The van der Waals surface area contributed by atoms with Gasteiger partial charge in [0.25, 0.3) is 10.0 Å². The van der Waals surface area contributed by atoms with Crippen molar-refractivity contribution in [3.05, 3.63) is 119 Å². The lowest BCUT2D eigenvalue weighted by Gasteiger charge is -2.37. The normalized spacial score (nSPS) is 16.2. The molecule has 0 bridgehead atoms. The van der Waals surface area contributed by atoms with Gasteiger partial charge in [-0.3, -0.25) is 9.62 Å². The van der Waals surface area contributed by atoms with E-state index in [0.29, 0.717) is 35.7 Å². The van der Waals surface area contributed by atoms with Crippen molar-refractivity contribution in [2.75, 3.05) is 74.1 Å². The third-order valence-corrected chi connectivity index (χ3v) is 13.6. The highest BCUT2D eigenvalue weighted by Crippen LogP contribution is 2.38. The molecule has 2 N–H and O–H groups in total. The van der Waals surface area contributed by atoms with Crippen LogP contribution in [0.25, 0.3) is 16.5 Å². The van der Waals surface area contributed by atoms with Crippen LogP contribution in [0.5, 0.6) is 0 Å². The molecule has 0 radical (unpaired) electrons. The van der Waals surface area contributed by atoms with Gasteiger partial charge in [0.15, 0.2) is 5.82 Å². The van der Waals surface area contributed by atoms with Crippen LogP contribution in [0.3, 0.4) is 0 Å². The molecule has 1 atom stereocenters. The molecule has 9 nitrogen and oxygen atoms in total. The van der Waals surface area contributed by atoms with E-state index in [1.54, 1.807) is 17.8 Å². The van der Waals surface area contributed by atoms with Gasteiger partial charge in [0.1, 0.15) is 6.33 Å². The van der Waals surface area contributed by atoms with E-state index in [-0.39, 0.29) is 17.5 Å². The molecule has 0 saturated carbocycles. The van der Waals surface area contributed by atoms with Crippen molar-refractivity contribution in [1.29, 1.82) is 0 Å². The highest BCUT2D eigenvalue weighted by molar-refractivity contribution is 7.99. The predicted molar refractivity (Wildman–Crippen MR) is 235 cm³/mol. The average Bonchev–Trinajstić information content (AvgIpc) is 3.22. The number of anilines is 3. The molecule has 4 aromatic carbocycles. The Morgan fingerprint density at radius 2 is 1.64 bits per heavy atom. The highest BCUT2D eigenvalue weighted by Gasteiger charge is 2.36. The average molecular weight is 865 g/mol. The van der Waals surface area contributed by atoms with Gasteiger partial charge in [-0.25, -0.2) is 18.4 Å². The Balaban J connectivity index is 1.03. The number of nitrogens with one attached hydrogen (secondary N) is 2. The molecule has 1 aromatic heterocycles. The van der Waals surface area contributed by atoms with E-state index in [1.165, 1.54) is 48.0 Å². The van der Waals surface area contributed by atoms with Crippen molar-refractivity contribution in [3.63, 3.8) is 0 Å². The topological polar surface area (TPSA) is 93.7 Å². The van der Waals surface area contributed by atoms with Crippen molar-refractivity contribution in [2.24, 2.45) is 0 Å². The molecule has 7 rings (SSSR count). The van der Waals surface area contributed by atoms with Gasteiger partial charge < -0.3 is 15.1 Å². The van der Waals surface area contributed by atoms with E-state index >= 15 is 0 Å². The van der Waals surface area contributed by atoms with Crippen molar-refractivity contribution >= 4 is 67.1 Å². The third kappa shape index (κ3) is 11.1. The molecular formula is C44H49ClF3N7O2S2. The van der Waals surface area contributed by atoms with Crippen molar-refractivity contribution in [1.82, 2.24) is 19.8 Å². The zero-order valence-corrected chi connectivity index (χ0v) is 35.6. The number of allylic oxidation sites excluding steroid dienone is 1. The summed E-state index contributed by atoms with van der Waals surface area (Å²) in [7, 11) is -0.659. The van der Waals surface area contributed by atoms with Crippen LogP contribution in [-0.4, -0.2) is 93.3 Å². The number of sulfonamides is 1. The molecule has 312 valence electrons. The van der Waals surface area contributed by atoms with E-state index in [0.717, 1.165) is 61.2 Å². The quantitative estimate of drug-likeness (QED) is 0.0999. The number of piperazine rings is 1. The molecule has 59 heavy (non-hydrogen) atoms. The molecule has 1 unspecified atom stereocenters. The number of aromatic nitrogens is 2. The number of nitrogens with zero attached hydrogens (tertiary/aromatic N) is 5. The minimum absolute atomic E-state index is 0.0129. The number of thioether (sulfide) groups is 1. The predicted octanol–water partition coefficient (Wildman–Crippen LogP) is 9.78. The van der Waals surface area contributed by atoms with E-state index in [9.17, 15) is 21.6 Å². The Labute approximate surface area is 354 Å². The first-order valence-corrected chi connectivity index (χ1v) is 22.7. The van der Waals surface area contributed by atoms with Gasteiger partial charge in [0.05, 0.1) is 16.0 Å². The zero-order valence-electron chi connectivity index (χ0n) is 33.2. The Hall–Kier alpha value is -4.34. The Bertz CT molecular complexity index is 2360. The summed E-state index contributed by atoms with van der Waals surface area (Å²) in [5.74, 6) is 0.501. The summed E-state index contributed by atoms with van der Waals surface area (Å²) in [6, 6.07) is 26.1. The number of alkyl halides is 3. The van der Waals surface area contributed by atoms with Crippen molar-refractivity contribution in [3.8, 4) is 0 Å². The summed E-state index contributed by atoms with van der Waals surface area (Å²) in [6.07, 6.45) is 1.61. The number of hydrogen-bond acceptors (Lipinski definition) is 9. The molecule has 2 aliphatic rings. The fraction of sp³-hybridized carbons (Fsp3) is 0.364. The van der Waals surface area contributed by atoms with Crippen LogP contribution in [0, 0.1) is 0 Å². The first-order chi connectivity index (χ1) is 28.3. The number of hydrogen-bond donors (Lipinski definition) is 2. The zero-order chi connectivity index (χ0) is 41.6. The van der Waals surface area contributed by atoms with E-state index in [1.807, 2.05) is 73.6 Å². The molecular weight excluding hydrogens is 815 g/mol. The fourth-order valence-corrected chi connectivity index (χ4v) is 9.86. The smallest absolute Gasteiger partial charge is 0.381 e. The summed E-state index contributed by atoms with van der Waals surface area (Å²) in [4.78, 5) is 15.9. The lowest BCUT2D eigenvalue weighted by atomic mass is 9.87. The summed E-state index contributed by atoms with van der Waals surface area (Å²) in [5.41, 5.74) is 4.44. The molecule has 2 heterocycles. The molecule has 1 fully saturated rings. The van der Waals surface area contributed by atoms with Crippen LogP contribution < -0.4 is 14.9 Å². The molecule has 15 heteroatoms. The van der Waals surface area contributed by atoms with Gasteiger partial charge in [0, 0.05) is 71.2 Å². The van der Waals surface area contributed by atoms with E-state index in [2.05, 4.69) is 41.9 Å². The molecule has 5 aromatic rings. The maximum absolute atomic E-state index is 14.6. The molecule has 1 saturated heterocycles. The van der Waals surface area contributed by atoms with Gasteiger partial charge in [0.2, 0.25) is 0 Å². The number of benzene rings is 4. The second kappa shape index (κ2) is 18.9. The second-order valence-electron chi connectivity index (χ2n) is 15.4. The van der Waals surface area contributed by atoms with E-state index in [4.69, 9.17) is 11.6 Å². The summed E-state index contributed by atoms with van der Waals surface area (Å²) >= 11 is 7.71. The number of fused-ring (bicyclic) bond motifs is 1. The SMILES string of the molecule is CN(C)CCC(CSc1ccccc1)Nc1ccc(S(=O)(=O)Nc2ncnc3cc(N4CCN(CC5=C(c6ccc(Cl)cc6)CCCC5)CC4)ccc23)cc1C(F)(F)F. The van der Waals surface area contributed by atoms with E-state index < -0.39 is 26.7 Å². The molecule has 1 aliphatic heterocycles. The lowest BCUT2D eigenvalue weighted by molar-refractivity contribution is -0.137. The first kappa shape index (κ1) is 42.8. The van der Waals surface area contributed by atoms with Crippen LogP contribution in [0.2, 0.25) is 5.02 Å². The maximum atomic E-state index is 14.6. The first-order valence-electron chi connectivity index (χ1n) is 19.8. The fourth-order valence-electron chi connectivity index (χ4n) is 7.68. The maximum Gasteiger partial charge on any atom is 0.418 e. The molecule has 0 amide bonds. The standard InChI is InChI=1S/C44H49ClF3N7O2S2/c1-53(2)21-20-34(29-58-36-9-4-3-5-10-36)51-41-19-17-37(27-40(41)44(46,47)48)59(56,57)52-43-39-18-16-35(26-42(39)49-30-50-43)55-24-22-54(23-25-55)28-32-8-6-7-11-38(32)31-12-14-33(45)15-13-31/h3-5,9-10,12-19,26-27,30,34,51H,6-8,11,20-25,28-29H2,1-2H3,(H,49,50,52). The number of halogens is 4. The van der Waals surface area contributed by atoms with Gasteiger partial charge >= 0.3 is 6.18 Å². The minimum atomic E-state index is -4.82. The van der Waals surface area contributed by atoms with Crippen LogP contribution in [0.1, 0.15) is 43.2 Å². The highest BCUT2D eigenvalue weighted by atomic mass is 35.5. The van der Waals surface area contributed by atoms with Gasteiger partial charge in [-0.15, -0.1) is 11.8 Å². The van der Waals surface area contributed by atoms with Gasteiger partial charge in [-0.2, -0.15) is 13.2 Å². The van der Waals surface area contributed by atoms with Crippen molar-refractivity contribution < 1.29 is 21.6 Å². The van der Waals surface area contributed by atoms with Crippen LogP contribution >= 0.6 is 23.4 Å². The third-order valence-electron chi connectivity index (χ3n) is 10.9. The Morgan fingerprint density at radius 3 is 2.37 bits per heavy atom. The summed E-state index contributed by atoms with van der Waals surface area (Å²) in [5, 5.41) is 4.26. The largest absolute Gasteiger partial charge is 0.418 e. The molecule has 1 aliphatic carbocycles. The van der Waals surface area contributed by atoms with Gasteiger partial charge in [-0.1, -0.05) is 47.5 Å². The summed E-state index contributed by atoms with van der Waals surface area (Å²) in [6.45, 7) is 5.00. The second-order valence-corrected chi connectivity index (χ2v) is 18.6. The monoisotopic (exact) mass is 863 g/mol. The summed E-state index contributed by atoms with van der Waals surface area (Å²) < 4.78 is 73.6. The molecule has 0 spiro atoms. The Kier molecular flexibility index (Phi) is 13.7. The lowest BCUT2D eigenvalue weighted by Crippen LogP contribution is -2.47. The van der Waals surface area contributed by atoms with Crippen LogP contribution in [0.15, 0.2) is 113 Å². The Morgan fingerprint density at radius 1 is 0.898 bits per heavy atom. The number of rotatable bonds is 15. The minimum Gasteiger partial charge on any atom is -0.381 e. The van der Waals surface area contributed by atoms with Gasteiger partial charge in [-0.05, 0) is 125 Å². The van der Waals surface area contributed by atoms with Crippen molar-refractivity contribution in [2.45, 2.75) is 54.1 Å².